The SMILES string of the molecule is Cc1cccnc1CCN(Cc1ccccn1)C(c1ccccn1)c1ccccn1. The molecule has 0 fully saturated rings. The van der Waals surface area contributed by atoms with E-state index in [4.69, 9.17) is 0 Å². The molecular formula is C25H25N5. The highest BCUT2D eigenvalue weighted by atomic mass is 15.2. The van der Waals surface area contributed by atoms with Gasteiger partial charge in [-0.25, -0.2) is 0 Å². The average Bonchev–Trinajstić information content (AvgIpc) is 2.80. The van der Waals surface area contributed by atoms with Crippen LogP contribution >= 0.6 is 0 Å². The van der Waals surface area contributed by atoms with Crippen LogP contribution in [0.2, 0.25) is 0 Å². The lowest BCUT2D eigenvalue weighted by atomic mass is 10.0. The fourth-order valence-corrected chi connectivity index (χ4v) is 3.63. The predicted octanol–water partition coefficient (Wildman–Crippen LogP) is 4.41. The maximum Gasteiger partial charge on any atom is 0.0953 e. The van der Waals surface area contributed by atoms with E-state index in [0.717, 1.165) is 35.7 Å². The van der Waals surface area contributed by atoms with Gasteiger partial charge in [0.15, 0.2) is 0 Å². The summed E-state index contributed by atoms with van der Waals surface area (Å²) >= 11 is 0. The predicted molar refractivity (Wildman–Crippen MR) is 118 cm³/mol. The Kier molecular flexibility index (Phi) is 6.52. The Labute approximate surface area is 177 Å². The molecule has 4 rings (SSSR count). The van der Waals surface area contributed by atoms with Gasteiger partial charge >= 0.3 is 0 Å². The van der Waals surface area contributed by atoms with Gasteiger partial charge in [-0.05, 0) is 55.0 Å². The van der Waals surface area contributed by atoms with Crippen molar-refractivity contribution < 1.29 is 0 Å². The van der Waals surface area contributed by atoms with Gasteiger partial charge in [-0.2, -0.15) is 0 Å². The Morgan fingerprint density at radius 2 is 1.33 bits per heavy atom. The lowest BCUT2D eigenvalue weighted by Crippen LogP contribution is -2.33. The van der Waals surface area contributed by atoms with Crippen molar-refractivity contribution in [1.82, 2.24) is 24.8 Å². The number of aryl methyl sites for hydroxylation is 1. The van der Waals surface area contributed by atoms with Gasteiger partial charge in [-0.15, -0.1) is 0 Å². The monoisotopic (exact) mass is 395 g/mol. The van der Waals surface area contributed by atoms with Crippen LogP contribution in [0.4, 0.5) is 0 Å². The summed E-state index contributed by atoms with van der Waals surface area (Å²) in [5.74, 6) is 0. The first-order valence-corrected chi connectivity index (χ1v) is 10.2. The van der Waals surface area contributed by atoms with Crippen LogP contribution in [0.3, 0.4) is 0 Å². The molecule has 5 heteroatoms. The topological polar surface area (TPSA) is 54.8 Å². The maximum absolute atomic E-state index is 4.67. The summed E-state index contributed by atoms with van der Waals surface area (Å²) in [5, 5.41) is 0. The molecule has 0 aliphatic heterocycles. The van der Waals surface area contributed by atoms with Crippen molar-refractivity contribution in [1.29, 1.82) is 0 Å². The molecule has 0 aromatic carbocycles. The van der Waals surface area contributed by atoms with Crippen molar-refractivity contribution in [2.24, 2.45) is 0 Å². The van der Waals surface area contributed by atoms with E-state index in [1.807, 2.05) is 67.3 Å². The van der Waals surface area contributed by atoms with Crippen LogP contribution in [0, 0.1) is 6.92 Å². The fourth-order valence-electron chi connectivity index (χ4n) is 3.63. The third-order valence-corrected chi connectivity index (χ3v) is 5.15. The molecule has 0 bridgehead atoms. The molecule has 0 spiro atoms. The largest absolute Gasteiger partial charge is 0.284 e. The molecule has 150 valence electrons. The summed E-state index contributed by atoms with van der Waals surface area (Å²) in [6, 6.07) is 22.1. The first-order chi connectivity index (χ1) is 14.8. The Morgan fingerprint density at radius 3 is 1.90 bits per heavy atom. The zero-order chi connectivity index (χ0) is 20.6. The van der Waals surface area contributed by atoms with Gasteiger partial charge in [0, 0.05) is 50.0 Å². The highest BCUT2D eigenvalue weighted by Gasteiger charge is 2.25. The van der Waals surface area contributed by atoms with Crippen LogP contribution in [0.15, 0.2) is 91.5 Å². The zero-order valence-corrected chi connectivity index (χ0v) is 17.1. The number of rotatable bonds is 8. The van der Waals surface area contributed by atoms with Gasteiger partial charge in [-0.1, -0.05) is 24.3 Å². The van der Waals surface area contributed by atoms with Crippen LogP contribution in [-0.4, -0.2) is 31.4 Å². The van der Waals surface area contributed by atoms with Crippen molar-refractivity contribution in [3.63, 3.8) is 0 Å². The summed E-state index contributed by atoms with van der Waals surface area (Å²) in [4.78, 5) is 20.9. The van der Waals surface area contributed by atoms with Crippen molar-refractivity contribution in [3.05, 3.63) is 120 Å². The molecule has 0 saturated heterocycles. The Bertz CT molecular complexity index is 999. The highest BCUT2D eigenvalue weighted by molar-refractivity contribution is 5.23. The second-order valence-electron chi connectivity index (χ2n) is 7.22. The summed E-state index contributed by atoms with van der Waals surface area (Å²) in [6.45, 7) is 3.62. The van der Waals surface area contributed by atoms with E-state index < -0.39 is 0 Å². The molecule has 0 aliphatic carbocycles. The fraction of sp³-hybridized carbons (Fsp3) is 0.200. The van der Waals surface area contributed by atoms with E-state index in [1.54, 1.807) is 0 Å². The molecule has 5 nitrogen and oxygen atoms in total. The minimum Gasteiger partial charge on any atom is -0.284 e. The van der Waals surface area contributed by atoms with Gasteiger partial charge < -0.3 is 0 Å². The number of aromatic nitrogens is 4. The molecule has 4 aromatic heterocycles. The second-order valence-corrected chi connectivity index (χ2v) is 7.22. The van der Waals surface area contributed by atoms with Gasteiger partial charge in [0.05, 0.1) is 23.1 Å². The summed E-state index contributed by atoms with van der Waals surface area (Å²) < 4.78 is 0. The number of hydrogen-bond donors (Lipinski definition) is 0. The first-order valence-electron chi connectivity index (χ1n) is 10.2. The molecule has 0 radical (unpaired) electrons. The lowest BCUT2D eigenvalue weighted by Gasteiger charge is -2.31. The lowest BCUT2D eigenvalue weighted by molar-refractivity contribution is 0.208. The van der Waals surface area contributed by atoms with Crippen molar-refractivity contribution in [2.45, 2.75) is 25.9 Å². The first kappa shape index (κ1) is 19.9. The van der Waals surface area contributed by atoms with Crippen molar-refractivity contribution in [2.75, 3.05) is 6.54 Å². The van der Waals surface area contributed by atoms with E-state index in [9.17, 15) is 0 Å². The Balaban J connectivity index is 1.70. The normalized spacial score (nSPS) is 11.2. The van der Waals surface area contributed by atoms with E-state index >= 15 is 0 Å². The third-order valence-electron chi connectivity index (χ3n) is 5.15. The molecule has 0 amide bonds. The van der Waals surface area contributed by atoms with Crippen LogP contribution in [-0.2, 0) is 13.0 Å². The quantitative estimate of drug-likeness (QED) is 0.442. The maximum atomic E-state index is 4.67. The Hall–Kier alpha value is -3.44. The minimum atomic E-state index is -0.0709. The van der Waals surface area contributed by atoms with Gasteiger partial charge in [0.25, 0.3) is 0 Å². The standard InChI is InChI=1S/C25H25N5/c1-20-9-8-17-27-22(20)13-18-30(19-21-10-2-5-14-26-21)25(23-11-3-6-15-28-23)24-12-4-7-16-29-24/h2-12,14-17,25H,13,18-19H2,1H3. The molecule has 30 heavy (non-hydrogen) atoms. The van der Waals surface area contributed by atoms with Crippen LogP contribution in [0.5, 0.6) is 0 Å². The summed E-state index contributed by atoms with van der Waals surface area (Å²) in [5.41, 5.74) is 5.30. The van der Waals surface area contributed by atoms with Gasteiger partial charge in [0.1, 0.15) is 0 Å². The summed E-state index contributed by atoms with van der Waals surface area (Å²) in [7, 11) is 0. The Morgan fingerprint density at radius 1 is 0.700 bits per heavy atom. The molecule has 0 saturated carbocycles. The molecule has 0 aliphatic rings. The van der Waals surface area contributed by atoms with E-state index in [0.29, 0.717) is 6.54 Å². The second kappa shape index (κ2) is 9.85. The minimum absolute atomic E-state index is 0.0709. The smallest absolute Gasteiger partial charge is 0.0953 e. The van der Waals surface area contributed by atoms with Crippen LogP contribution < -0.4 is 0 Å². The molecule has 4 heterocycles. The third kappa shape index (κ3) is 4.93. The van der Waals surface area contributed by atoms with Crippen LogP contribution in [0.1, 0.15) is 34.4 Å². The molecule has 0 atom stereocenters. The van der Waals surface area contributed by atoms with E-state index in [2.05, 4.69) is 56.0 Å². The molecule has 4 aromatic rings. The van der Waals surface area contributed by atoms with Gasteiger partial charge in [0.2, 0.25) is 0 Å². The van der Waals surface area contributed by atoms with Crippen molar-refractivity contribution in [3.8, 4) is 0 Å². The number of nitrogens with zero attached hydrogens (tertiary/aromatic N) is 5. The molecule has 0 unspecified atom stereocenters. The average molecular weight is 396 g/mol. The van der Waals surface area contributed by atoms with Crippen molar-refractivity contribution >= 4 is 0 Å². The highest BCUT2D eigenvalue weighted by Crippen LogP contribution is 2.27. The summed E-state index contributed by atoms with van der Waals surface area (Å²) in [6.07, 6.45) is 8.23. The van der Waals surface area contributed by atoms with Crippen LogP contribution in [0.25, 0.3) is 0 Å². The van der Waals surface area contributed by atoms with E-state index in [1.165, 1.54) is 5.56 Å². The zero-order valence-electron chi connectivity index (χ0n) is 17.1. The number of pyridine rings is 4. The molecule has 0 N–H and O–H groups in total. The number of hydrogen-bond acceptors (Lipinski definition) is 5. The molecular weight excluding hydrogens is 370 g/mol. The van der Waals surface area contributed by atoms with E-state index in [-0.39, 0.29) is 6.04 Å². The van der Waals surface area contributed by atoms with Gasteiger partial charge in [-0.3, -0.25) is 24.8 Å².